The number of aryl methyl sites for hydroxylation is 1. The summed E-state index contributed by atoms with van der Waals surface area (Å²) in [5.41, 5.74) is 5.22. The number of piperidine rings is 1. The molecule has 6 rings (SSSR count). The number of methoxy groups -OCH3 is 1. The number of nitrogens with zero attached hydrogens (tertiary/aromatic N) is 3. The quantitative estimate of drug-likeness (QED) is 0.431. The fourth-order valence-electron chi connectivity index (χ4n) is 5.84. The molecule has 0 atom stereocenters. The molecule has 3 aromatic carbocycles. The van der Waals surface area contributed by atoms with Crippen LogP contribution in [0.25, 0.3) is 0 Å². The number of fused-ring (bicyclic) bond motifs is 1. The highest BCUT2D eigenvalue weighted by Gasteiger charge is 2.36. The minimum absolute atomic E-state index is 0.126. The lowest BCUT2D eigenvalue weighted by Gasteiger charge is -2.39. The van der Waals surface area contributed by atoms with Gasteiger partial charge in [-0.3, -0.25) is 0 Å². The average molecular weight is 504 g/mol. The second-order valence-corrected chi connectivity index (χ2v) is 10.1. The molecule has 7 heteroatoms. The third kappa shape index (κ3) is 4.57. The Morgan fingerprint density at radius 1 is 0.919 bits per heavy atom. The molecule has 2 fully saturated rings. The van der Waals surface area contributed by atoms with Gasteiger partial charge in [0.1, 0.15) is 29.1 Å². The first kappa shape index (κ1) is 23.9. The number of anilines is 3. The summed E-state index contributed by atoms with van der Waals surface area (Å²) >= 11 is 0. The van der Waals surface area contributed by atoms with Crippen molar-refractivity contribution < 1.29 is 18.6 Å². The van der Waals surface area contributed by atoms with E-state index in [9.17, 15) is 4.39 Å². The maximum Gasteiger partial charge on any atom is 0.146 e. The molecule has 37 heavy (non-hydrogen) atoms. The lowest BCUT2D eigenvalue weighted by molar-refractivity contribution is -0.0799. The topological polar surface area (TPSA) is 37.4 Å². The number of benzene rings is 3. The van der Waals surface area contributed by atoms with Crippen molar-refractivity contribution in [2.45, 2.75) is 38.5 Å². The first-order valence-electron chi connectivity index (χ1n) is 13.1. The van der Waals surface area contributed by atoms with Gasteiger partial charge in [-0.1, -0.05) is 36.4 Å². The SMILES string of the molecule is COc1cccc2c1N(Cc1ccccc1OC1COC1)CN2C1CCN(c2c(C)cccc2F)CC1. The van der Waals surface area contributed by atoms with Crippen molar-refractivity contribution in [3.8, 4) is 11.5 Å². The second kappa shape index (κ2) is 10.1. The van der Waals surface area contributed by atoms with Crippen LogP contribution in [-0.4, -0.2) is 52.2 Å². The molecular weight excluding hydrogens is 469 g/mol. The highest BCUT2D eigenvalue weighted by atomic mass is 19.1. The zero-order valence-electron chi connectivity index (χ0n) is 21.5. The molecule has 0 radical (unpaired) electrons. The van der Waals surface area contributed by atoms with Crippen LogP contribution in [0.2, 0.25) is 0 Å². The zero-order valence-corrected chi connectivity index (χ0v) is 21.5. The Kier molecular flexibility index (Phi) is 6.55. The molecule has 0 aromatic heterocycles. The lowest BCUT2D eigenvalue weighted by Crippen LogP contribution is -2.46. The Bertz CT molecular complexity index is 1240. The Balaban J connectivity index is 1.23. The predicted molar refractivity (Wildman–Crippen MR) is 145 cm³/mol. The van der Waals surface area contributed by atoms with Crippen molar-refractivity contribution in [3.05, 3.63) is 77.6 Å². The molecule has 6 nitrogen and oxygen atoms in total. The van der Waals surface area contributed by atoms with E-state index >= 15 is 0 Å². The van der Waals surface area contributed by atoms with Gasteiger partial charge >= 0.3 is 0 Å². The average Bonchev–Trinajstić information content (AvgIpc) is 3.26. The fourth-order valence-corrected chi connectivity index (χ4v) is 5.84. The van der Waals surface area contributed by atoms with Gasteiger partial charge in [-0.2, -0.15) is 0 Å². The van der Waals surface area contributed by atoms with Crippen LogP contribution in [0.5, 0.6) is 11.5 Å². The zero-order chi connectivity index (χ0) is 25.4. The van der Waals surface area contributed by atoms with Gasteiger partial charge in [0, 0.05) is 31.2 Å². The smallest absolute Gasteiger partial charge is 0.146 e. The molecule has 3 aromatic rings. The molecule has 3 aliphatic rings. The van der Waals surface area contributed by atoms with Gasteiger partial charge in [0.15, 0.2) is 0 Å². The van der Waals surface area contributed by atoms with E-state index in [0.717, 1.165) is 73.1 Å². The normalized spacial score (nSPS) is 18.1. The third-order valence-corrected chi connectivity index (χ3v) is 7.79. The van der Waals surface area contributed by atoms with Crippen LogP contribution >= 0.6 is 0 Å². The van der Waals surface area contributed by atoms with Gasteiger partial charge in [0.05, 0.1) is 38.4 Å². The van der Waals surface area contributed by atoms with Crippen LogP contribution in [0, 0.1) is 12.7 Å². The molecule has 0 saturated carbocycles. The summed E-state index contributed by atoms with van der Waals surface area (Å²) in [6, 6.07) is 20.3. The van der Waals surface area contributed by atoms with Gasteiger partial charge in [0.2, 0.25) is 0 Å². The second-order valence-electron chi connectivity index (χ2n) is 10.1. The van der Waals surface area contributed by atoms with Crippen molar-refractivity contribution in [2.24, 2.45) is 0 Å². The van der Waals surface area contributed by atoms with Crippen LogP contribution in [0.1, 0.15) is 24.0 Å². The summed E-state index contributed by atoms with van der Waals surface area (Å²) in [7, 11) is 1.74. The summed E-state index contributed by atoms with van der Waals surface area (Å²) in [4.78, 5) is 7.10. The summed E-state index contributed by atoms with van der Waals surface area (Å²) in [5, 5.41) is 0. The van der Waals surface area contributed by atoms with E-state index in [-0.39, 0.29) is 11.9 Å². The number of rotatable bonds is 7. The van der Waals surface area contributed by atoms with E-state index < -0.39 is 0 Å². The summed E-state index contributed by atoms with van der Waals surface area (Å²) in [6.07, 6.45) is 2.07. The van der Waals surface area contributed by atoms with Crippen LogP contribution in [-0.2, 0) is 11.3 Å². The minimum atomic E-state index is -0.129. The van der Waals surface area contributed by atoms with Gasteiger partial charge in [-0.05, 0) is 49.6 Å². The molecular formula is C30H34FN3O3. The van der Waals surface area contributed by atoms with Gasteiger partial charge in [0.25, 0.3) is 0 Å². The molecule has 2 saturated heterocycles. The summed E-state index contributed by atoms with van der Waals surface area (Å²) < 4.78 is 32.0. The van der Waals surface area contributed by atoms with Crippen LogP contribution in [0.15, 0.2) is 60.7 Å². The van der Waals surface area contributed by atoms with Crippen LogP contribution in [0.3, 0.4) is 0 Å². The lowest BCUT2D eigenvalue weighted by atomic mass is 10.0. The van der Waals surface area contributed by atoms with E-state index in [1.54, 1.807) is 19.2 Å². The van der Waals surface area contributed by atoms with Crippen LogP contribution in [0.4, 0.5) is 21.5 Å². The first-order valence-corrected chi connectivity index (χ1v) is 13.1. The monoisotopic (exact) mass is 503 g/mol. The van der Waals surface area contributed by atoms with Crippen LogP contribution < -0.4 is 24.2 Å². The maximum atomic E-state index is 14.6. The molecule has 0 spiro atoms. The van der Waals surface area contributed by atoms with Crippen molar-refractivity contribution in [2.75, 3.05) is 54.8 Å². The van der Waals surface area contributed by atoms with Gasteiger partial charge in [-0.25, -0.2) is 4.39 Å². The maximum absolute atomic E-state index is 14.6. The Labute approximate surface area is 218 Å². The van der Waals surface area contributed by atoms with E-state index in [0.29, 0.717) is 19.3 Å². The number of ether oxygens (including phenoxy) is 3. The first-order chi connectivity index (χ1) is 18.1. The third-order valence-electron chi connectivity index (χ3n) is 7.79. The standard InChI is InChI=1S/C30H34FN3O3/c1-21-7-5-9-25(31)29(21)32-15-13-23(14-16-32)34-20-33(30-26(34)10-6-12-28(30)35-2)17-22-8-3-4-11-27(22)37-24-18-36-19-24/h3-12,23-24H,13-20H2,1-2H3. The van der Waals surface area contributed by atoms with E-state index in [2.05, 4.69) is 39.0 Å². The van der Waals surface area contributed by atoms with E-state index in [4.69, 9.17) is 14.2 Å². The minimum Gasteiger partial charge on any atom is -0.495 e. The molecule has 194 valence electrons. The number of hydrogen-bond acceptors (Lipinski definition) is 6. The molecule has 0 N–H and O–H groups in total. The predicted octanol–water partition coefficient (Wildman–Crippen LogP) is 5.37. The molecule has 3 aliphatic heterocycles. The molecule has 0 unspecified atom stereocenters. The largest absolute Gasteiger partial charge is 0.495 e. The van der Waals surface area contributed by atoms with Crippen molar-refractivity contribution in [1.82, 2.24) is 0 Å². The van der Waals surface area contributed by atoms with Crippen molar-refractivity contribution >= 4 is 17.1 Å². The highest BCUT2D eigenvalue weighted by Crippen LogP contribution is 2.46. The summed E-state index contributed by atoms with van der Waals surface area (Å²) in [6.45, 7) is 6.46. The van der Waals surface area contributed by atoms with Gasteiger partial charge in [-0.15, -0.1) is 0 Å². The molecule has 3 heterocycles. The van der Waals surface area contributed by atoms with E-state index in [1.165, 1.54) is 5.69 Å². The van der Waals surface area contributed by atoms with Crippen molar-refractivity contribution in [3.63, 3.8) is 0 Å². The molecule has 0 bridgehead atoms. The fraction of sp³-hybridized carbons (Fsp3) is 0.400. The van der Waals surface area contributed by atoms with Gasteiger partial charge < -0.3 is 28.9 Å². The molecule has 0 aliphatic carbocycles. The Morgan fingerprint density at radius 2 is 1.68 bits per heavy atom. The Hall–Kier alpha value is -3.45. The highest BCUT2D eigenvalue weighted by molar-refractivity contribution is 5.82. The number of halogens is 1. The molecule has 0 amide bonds. The number of para-hydroxylation sites is 3. The number of hydrogen-bond donors (Lipinski definition) is 0. The Morgan fingerprint density at radius 3 is 2.41 bits per heavy atom. The van der Waals surface area contributed by atoms with Crippen molar-refractivity contribution in [1.29, 1.82) is 0 Å². The summed E-state index contributed by atoms with van der Waals surface area (Å²) in [5.74, 6) is 1.67. The van der Waals surface area contributed by atoms with E-state index in [1.807, 2.05) is 31.2 Å².